The fourth-order valence-electron chi connectivity index (χ4n) is 1.42. The van der Waals surface area contributed by atoms with Gasteiger partial charge in [0.2, 0.25) is 0 Å². The summed E-state index contributed by atoms with van der Waals surface area (Å²) in [4.78, 5) is 14.1. The molecule has 4 N–H and O–H groups in total. The standard InChI is InChI=1S/C10H10N2O2/c11-5-7-3-6-4-8(13)1-2-9(6)10(14)12-7/h1-4,13H,5,11H2,(H,12,14). The minimum Gasteiger partial charge on any atom is -0.508 e. The lowest BCUT2D eigenvalue weighted by atomic mass is 10.1. The Morgan fingerprint density at radius 2 is 2.14 bits per heavy atom. The third-order valence-electron chi connectivity index (χ3n) is 2.10. The maximum Gasteiger partial charge on any atom is 0.256 e. The van der Waals surface area contributed by atoms with Crippen LogP contribution in [-0.4, -0.2) is 10.1 Å². The Hall–Kier alpha value is -1.81. The number of benzene rings is 1. The molecule has 0 radical (unpaired) electrons. The van der Waals surface area contributed by atoms with Gasteiger partial charge in [-0.2, -0.15) is 0 Å². The summed E-state index contributed by atoms with van der Waals surface area (Å²) in [6, 6.07) is 6.38. The molecular weight excluding hydrogens is 180 g/mol. The zero-order chi connectivity index (χ0) is 10.1. The van der Waals surface area contributed by atoms with Crippen molar-refractivity contribution in [2.45, 2.75) is 6.54 Å². The van der Waals surface area contributed by atoms with E-state index in [0.717, 1.165) is 0 Å². The van der Waals surface area contributed by atoms with Gasteiger partial charge in [-0.05, 0) is 29.7 Å². The second-order valence-electron chi connectivity index (χ2n) is 3.10. The van der Waals surface area contributed by atoms with Gasteiger partial charge in [-0.3, -0.25) is 4.79 Å². The maximum absolute atomic E-state index is 11.5. The summed E-state index contributed by atoms with van der Waals surface area (Å²) in [5, 5.41) is 10.5. The van der Waals surface area contributed by atoms with Gasteiger partial charge in [0.25, 0.3) is 5.56 Å². The zero-order valence-corrected chi connectivity index (χ0v) is 7.45. The number of aromatic nitrogens is 1. The molecule has 4 nitrogen and oxygen atoms in total. The van der Waals surface area contributed by atoms with Crippen LogP contribution in [0.5, 0.6) is 5.75 Å². The average molecular weight is 190 g/mol. The Morgan fingerprint density at radius 1 is 1.36 bits per heavy atom. The highest BCUT2D eigenvalue weighted by molar-refractivity contribution is 5.83. The van der Waals surface area contributed by atoms with Crippen molar-refractivity contribution < 1.29 is 5.11 Å². The number of nitrogens with one attached hydrogen (secondary N) is 1. The van der Waals surface area contributed by atoms with Crippen LogP contribution in [0.25, 0.3) is 10.8 Å². The first kappa shape index (κ1) is 8.77. The van der Waals surface area contributed by atoms with Crippen molar-refractivity contribution in [2.24, 2.45) is 5.73 Å². The number of aromatic hydroxyl groups is 1. The van der Waals surface area contributed by atoms with Crippen LogP contribution in [0.15, 0.2) is 29.1 Å². The normalized spacial score (nSPS) is 10.6. The van der Waals surface area contributed by atoms with Gasteiger partial charge in [-0.25, -0.2) is 0 Å². The number of aromatic amines is 1. The third kappa shape index (κ3) is 1.36. The largest absolute Gasteiger partial charge is 0.508 e. The van der Waals surface area contributed by atoms with Gasteiger partial charge in [0.1, 0.15) is 5.75 Å². The minimum atomic E-state index is -0.178. The Kier molecular flexibility index (Phi) is 1.98. The van der Waals surface area contributed by atoms with Crippen molar-refractivity contribution >= 4 is 10.8 Å². The van der Waals surface area contributed by atoms with Gasteiger partial charge in [0, 0.05) is 17.6 Å². The summed E-state index contributed by atoms with van der Waals surface area (Å²) in [6.45, 7) is 0.279. The van der Waals surface area contributed by atoms with Crippen LogP contribution in [0, 0.1) is 0 Å². The summed E-state index contributed by atoms with van der Waals surface area (Å²) < 4.78 is 0. The highest BCUT2D eigenvalue weighted by Crippen LogP contribution is 2.17. The van der Waals surface area contributed by atoms with Crippen LogP contribution >= 0.6 is 0 Å². The zero-order valence-electron chi connectivity index (χ0n) is 7.45. The number of fused-ring (bicyclic) bond motifs is 1. The molecule has 4 heteroatoms. The lowest BCUT2D eigenvalue weighted by Crippen LogP contribution is -2.11. The highest BCUT2D eigenvalue weighted by Gasteiger charge is 2.01. The summed E-state index contributed by atoms with van der Waals surface area (Å²) in [6.07, 6.45) is 0. The maximum atomic E-state index is 11.5. The molecule has 1 aromatic carbocycles. The molecular formula is C10H10N2O2. The number of phenols is 1. The molecule has 0 bridgehead atoms. The molecule has 0 saturated heterocycles. The third-order valence-corrected chi connectivity index (χ3v) is 2.10. The smallest absolute Gasteiger partial charge is 0.256 e. The number of H-pyrrole nitrogens is 1. The average Bonchev–Trinajstić information content (AvgIpc) is 2.16. The van der Waals surface area contributed by atoms with E-state index in [9.17, 15) is 9.90 Å². The van der Waals surface area contributed by atoms with Gasteiger partial charge < -0.3 is 15.8 Å². The van der Waals surface area contributed by atoms with E-state index in [0.29, 0.717) is 16.5 Å². The van der Waals surface area contributed by atoms with E-state index in [4.69, 9.17) is 5.73 Å². The molecule has 1 heterocycles. The second-order valence-corrected chi connectivity index (χ2v) is 3.10. The molecule has 14 heavy (non-hydrogen) atoms. The molecule has 0 unspecified atom stereocenters. The fourth-order valence-corrected chi connectivity index (χ4v) is 1.42. The minimum absolute atomic E-state index is 0.145. The van der Waals surface area contributed by atoms with E-state index in [1.54, 1.807) is 18.2 Å². The van der Waals surface area contributed by atoms with E-state index in [-0.39, 0.29) is 17.9 Å². The monoisotopic (exact) mass is 190 g/mol. The van der Waals surface area contributed by atoms with Crippen LogP contribution in [0.2, 0.25) is 0 Å². The summed E-state index contributed by atoms with van der Waals surface area (Å²) in [7, 11) is 0. The predicted octanol–water partition coefficient (Wildman–Crippen LogP) is 0.692. The van der Waals surface area contributed by atoms with Gasteiger partial charge in [-0.1, -0.05) is 0 Å². The van der Waals surface area contributed by atoms with E-state index >= 15 is 0 Å². The summed E-state index contributed by atoms with van der Waals surface area (Å²) in [5.74, 6) is 0.145. The summed E-state index contributed by atoms with van der Waals surface area (Å²) >= 11 is 0. The molecule has 0 amide bonds. The van der Waals surface area contributed by atoms with Gasteiger partial charge in [0.15, 0.2) is 0 Å². The summed E-state index contributed by atoms with van der Waals surface area (Å²) in [5.41, 5.74) is 5.90. The lowest BCUT2D eigenvalue weighted by molar-refractivity contribution is 0.476. The Morgan fingerprint density at radius 3 is 2.86 bits per heavy atom. The number of hydrogen-bond acceptors (Lipinski definition) is 3. The van der Waals surface area contributed by atoms with Gasteiger partial charge in [-0.15, -0.1) is 0 Å². The quantitative estimate of drug-likeness (QED) is 0.619. The molecule has 0 aliphatic rings. The molecule has 0 atom stereocenters. The van der Waals surface area contributed by atoms with Crippen molar-refractivity contribution in [3.8, 4) is 5.75 Å². The molecule has 0 aliphatic heterocycles. The number of pyridine rings is 1. The first-order valence-corrected chi connectivity index (χ1v) is 4.25. The molecule has 2 rings (SSSR count). The van der Waals surface area contributed by atoms with E-state index in [1.165, 1.54) is 6.07 Å². The van der Waals surface area contributed by atoms with Crippen LogP contribution in [0.4, 0.5) is 0 Å². The Balaban J connectivity index is 2.84. The first-order chi connectivity index (χ1) is 6.70. The van der Waals surface area contributed by atoms with Crippen molar-refractivity contribution in [3.05, 3.63) is 40.3 Å². The number of hydrogen-bond donors (Lipinski definition) is 3. The van der Waals surface area contributed by atoms with Crippen molar-refractivity contribution in [2.75, 3.05) is 0 Å². The van der Waals surface area contributed by atoms with Crippen LogP contribution in [0.1, 0.15) is 5.69 Å². The molecule has 72 valence electrons. The molecule has 0 aliphatic carbocycles. The van der Waals surface area contributed by atoms with Gasteiger partial charge in [0.05, 0.1) is 0 Å². The number of nitrogens with two attached hydrogens (primary N) is 1. The molecule has 0 saturated carbocycles. The fraction of sp³-hybridized carbons (Fsp3) is 0.100. The van der Waals surface area contributed by atoms with Crippen LogP contribution in [0.3, 0.4) is 0 Å². The molecule has 2 aromatic rings. The molecule has 1 aromatic heterocycles. The molecule has 0 spiro atoms. The SMILES string of the molecule is NCc1cc2cc(O)ccc2c(=O)[nH]1. The Labute approximate surface area is 80.0 Å². The molecule has 0 fully saturated rings. The number of phenolic OH excluding ortho intramolecular Hbond substituents is 1. The van der Waals surface area contributed by atoms with Crippen molar-refractivity contribution in [1.82, 2.24) is 4.98 Å². The van der Waals surface area contributed by atoms with Crippen molar-refractivity contribution in [3.63, 3.8) is 0 Å². The lowest BCUT2D eigenvalue weighted by Gasteiger charge is -2.01. The number of rotatable bonds is 1. The Bertz CT molecular complexity index is 531. The predicted molar refractivity (Wildman–Crippen MR) is 54.1 cm³/mol. The van der Waals surface area contributed by atoms with Gasteiger partial charge >= 0.3 is 0 Å². The second kappa shape index (κ2) is 3.16. The van der Waals surface area contributed by atoms with E-state index in [2.05, 4.69) is 4.98 Å². The van der Waals surface area contributed by atoms with E-state index in [1.807, 2.05) is 0 Å². The van der Waals surface area contributed by atoms with Crippen molar-refractivity contribution in [1.29, 1.82) is 0 Å². The van der Waals surface area contributed by atoms with E-state index < -0.39 is 0 Å². The van der Waals surface area contributed by atoms with Crippen LogP contribution in [-0.2, 0) is 6.54 Å². The highest BCUT2D eigenvalue weighted by atomic mass is 16.3. The van der Waals surface area contributed by atoms with Crippen LogP contribution < -0.4 is 11.3 Å². The first-order valence-electron chi connectivity index (χ1n) is 4.25. The topological polar surface area (TPSA) is 79.1 Å².